The molecule has 4 atom stereocenters. The van der Waals surface area contributed by atoms with Gasteiger partial charge < -0.3 is 14.3 Å². The minimum absolute atomic E-state index is 0.0541. The molecule has 6 nitrogen and oxygen atoms in total. The first-order valence-electron chi connectivity index (χ1n) is 8.80. The number of nitrogens with zero attached hydrogens (tertiary/aromatic N) is 2. The smallest absolute Gasteiger partial charge is 0.408 e. The fourth-order valence-corrected chi connectivity index (χ4v) is 5.17. The fourth-order valence-electron chi connectivity index (χ4n) is 5.17. The van der Waals surface area contributed by atoms with Crippen molar-refractivity contribution in [3.8, 4) is 0 Å². The van der Waals surface area contributed by atoms with Gasteiger partial charge in [0.05, 0.1) is 17.2 Å². The summed E-state index contributed by atoms with van der Waals surface area (Å²) in [5.74, 6) is 0.416. The minimum Gasteiger partial charge on any atom is -0.408 e. The highest BCUT2D eigenvalue weighted by molar-refractivity contribution is 5.72. The molecule has 0 radical (unpaired) electrons. The number of hydrogen-bond acceptors (Lipinski definition) is 5. The fraction of sp³-hybridized carbons (Fsp3) is 0.611. The van der Waals surface area contributed by atoms with Gasteiger partial charge in [0, 0.05) is 44.6 Å². The summed E-state index contributed by atoms with van der Waals surface area (Å²) in [6.07, 6.45) is 2.42. The molecule has 1 spiro atoms. The highest BCUT2D eigenvalue weighted by Gasteiger charge is 2.62. The number of aromatic nitrogens is 1. The molecule has 3 saturated heterocycles. The van der Waals surface area contributed by atoms with Crippen LogP contribution in [0.2, 0.25) is 0 Å². The number of likely N-dealkylation sites (tertiary alicyclic amines) is 1. The number of ether oxygens (including phenoxy) is 1. The number of aliphatic hydroxyl groups is 1. The van der Waals surface area contributed by atoms with Gasteiger partial charge in [0.25, 0.3) is 0 Å². The van der Waals surface area contributed by atoms with E-state index < -0.39 is 0 Å². The predicted molar refractivity (Wildman–Crippen MR) is 87.8 cm³/mol. The molecule has 3 aliphatic heterocycles. The van der Waals surface area contributed by atoms with Gasteiger partial charge in [-0.2, -0.15) is 0 Å². The van der Waals surface area contributed by atoms with E-state index in [0.29, 0.717) is 18.0 Å². The second-order valence-electron chi connectivity index (χ2n) is 7.44. The maximum atomic E-state index is 12.1. The summed E-state index contributed by atoms with van der Waals surface area (Å²) in [7, 11) is 0. The van der Waals surface area contributed by atoms with Crippen molar-refractivity contribution in [3.63, 3.8) is 0 Å². The van der Waals surface area contributed by atoms with Crippen LogP contribution < -0.4 is 5.76 Å². The van der Waals surface area contributed by atoms with Gasteiger partial charge in [0.1, 0.15) is 0 Å². The molecule has 128 valence electrons. The summed E-state index contributed by atoms with van der Waals surface area (Å²) >= 11 is 0. The summed E-state index contributed by atoms with van der Waals surface area (Å²) in [5.41, 5.74) is 1.44. The largest absolute Gasteiger partial charge is 0.419 e. The van der Waals surface area contributed by atoms with E-state index in [4.69, 9.17) is 9.15 Å². The molecule has 0 aliphatic carbocycles. The lowest BCUT2D eigenvalue weighted by Crippen LogP contribution is -2.38. The van der Waals surface area contributed by atoms with Crippen LogP contribution in [-0.4, -0.2) is 52.5 Å². The van der Waals surface area contributed by atoms with Gasteiger partial charge in [0.15, 0.2) is 5.58 Å². The van der Waals surface area contributed by atoms with Gasteiger partial charge >= 0.3 is 5.76 Å². The van der Waals surface area contributed by atoms with Crippen molar-refractivity contribution < 1.29 is 14.3 Å². The van der Waals surface area contributed by atoms with Gasteiger partial charge in [-0.15, -0.1) is 0 Å². The van der Waals surface area contributed by atoms with Crippen LogP contribution in [0.1, 0.15) is 12.8 Å². The second kappa shape index (κ2) is 5.18. The number of aliphatic hydroxyl groups excluding tert-OH is 1. The van der Waals surface area contributed by atoms with Gasteiger partial charge in [-0.25, -0.2) is 4.79 Å². The molecule has 2 bridgehead atoms. The lowest BCUT2D eigenvalue weighted by molar-refractivity contribution is 0.000809. The summed E-state index contributed by atoms with van der Waals surface area (Å²) < 4.78 is 13.3. The van der Waals surface area contributed by atoms with E-state index in [2.05, 4.69) is 4.90 Å². The summed E-state index contributed by atoms with van der Waals surface area (Å²) in [5, 5.41) is 9.70. The molecule has 4 heterocycles. The summed E-state index contributed by atoms with van der Waals surface area (Å²) in [6, 6.07) is 7.54. The Balaban J connectivity index is 1.33. The lowest BCUT2D eigenvalue weighted by atomic mass is 9.74. The average Bonchev–Trinajstić information content (AvgIpc) is 3.29. The van der Waals surface area contributed by atoms with Gasteiger partial charge in [-0.3, -0.25) is 9.47 Å². The zero-order valence-electron chi connectivity index (χ0n) is 13.6. The van der Waals surface area contributed by atoms with Crippen LogP contribution in [0.25, 0.3) is 11.1 Å². The zero-order chi connectivity index (χ0) is 16.3. The average molecular weight is 330 g/mol. The Morgan fingerprint density at radius 2 is 2.17 bits per heavy atom. The third kappa shape index (κ3) is 1.96. The van der Waals surface area contributed by atoms with Crippen LogP contribution in [0.15, 0.2) is 33.5 Å². The third-order valence-corrected chi connectivity index (χ3v) is 6.28. The molecular formula is C18H22N2O4. The molecule has 5 rings (SSSR count). The SMILES string of the molecule is O=c1oc2ccccc2n1CCN1C[C@H]2[C@@H](CO)[C@@H]3CC[C@@]2(C1)O3. The molecule has 0 amide bonds. The van der Waals surface area contributed by atoms with E-state index in [0.717, 1.165) is 38.0 Å². The highest BCUT2D eigenvalue weighted by atomic mass is 16.5. The topological polar surface area (TPSA) is 67.8 Å². The van der Waals surface area contributed by atoms with Crippen molar-refractivity contribution in [2.45, 2.75) is 31.1 Å². The molecule has 3 aliphatic rings. The van der Waals surface area contributed by atoms with Crippen molar-refractivity contribution >= 4 is 11.1 Å². The molecule has 2 aromatic rings. The molecule has 0 unspecified atom stereocenters. The predicted octanol–water partition coefficient (Wildman–Crippen LogP) is 1.07. The lowest BCUT2D eigenvalue weighted by Gasteiger charge is -2.28. The molecule has 24 heavy (non-hydrogen) atoms. The number of fused-ring (bicyclic) bond motifs is 2. The third-order valence-electron chi connectivity index (χ3n) is 6.28. The van der Waals surface area contributed by atoms with Gasteiger partial charge in [-0.05, 0) is 25.0 Å². The molecule has 1 aromatic carbocycles. The van der Waals surface area contributed by atoms with Crippen LogP contribution in [-0.2, 0) is 11.3 Å². The molecular weight excluding hydrogens is 308 g/mol. The van der Waals surface area contributed by atoms with Crippen LogP contribution in [0.4, 0.5) is 0 Å². The Morgan fingerprint density at radius 1 is 1.29 bits per heavy atom. The standard InChI is InChI=1S/C18H22N2O4/c21-10-12-13-9-19(11-18(13)6-5-15(12)24-18)7-8-20-14-3-1-2-4-16(14)23-17(20)22/h1-4,12-13,15,21H,5-11H2/t12-,13+,15+,18+/m1/s1. The maximum Gasteiger partial charge on any atom is 0.419 e. The Hall–Kier alpha value is -1.63. The second-order valence-corrected chi connectivity index (χ2v) is 7.44. The zero-order valence-corrected chi connectivity index (χ0v) is 13.6. The van der Waals surface area contributed by atoms with Crippen LogP contribution in [0, 0.1) is 11.8 Å². The van der Waals surface area contributed by atoms with Gasteiger partial charge in [0.2, 0.25) is 0 Å². The number of rotatable bonds is 4. The Morgan fingerprint density at radius 3 is 3.04 bits per heavy atom. The number of para-hydroxylation sites is 2. The maximum absolute atomic E-state index is 12.1. The van der Waals surface area contributed by atoms with Crippen LogP contribution >= 0.6 is 0 Å². The van der Waals surface area contributed by atoms with Crippen molar-refractivity contribution in [2.75, 3.05) is 26.2 Å². The summed E-state index contributed by atoms with van der Waals surface area (Å²) in [6.45, 7) is 3.50. The highest BCUT2D eigenvalue weighted by Crippen LogP contribution is 2.54. The van der Waals surface area contributed by atoms with E-state index in [9.17, 15) is 9.90 Å². The van der Waals surface area contributed by atoms with E-state index in [1.807, 2.05) is 24.3 Å². The van der Waals surface area contributed by atoms with Crippen molar-refractivity contribution in [3.05, 3.63) is 34.8 Å². The van der Waals surface area contributed by atoms with E-state index in [1.54, 1.807) is 4.57 Å². The van der Waals surface area contributed by atoms with Crippen molar-refractivity contribution in [2.24, 2.45) is 11.8 Å². The number of benzene rings is 1. The molecule has 1 N–H and O–H groups in total. The van der Waals surface area contributed by atoms with Crippen molar-refractivity contribution in [1.82, 2.24) is 9.47 Å². The summed E-state index contributed by atoms with van der Waals surface area (Å²) in [4.78, 5) is 14.5. The van der Waals surface area contributed by atoms with Gasteiger partial charge in [-0.1, -0.05) is 12.1 Å². The molecule has 6 heteroatoms. The molecule has 0 saturated carbocycles. The molecule has 1 aromatic heterocycles. The van der Waals surface area contributed by atoms with E-state index in [1.165, 1.54) is 0 Å². The van der Waals surface area contributed by atoms with E-state index in [-0.39, 0.29) is 30.0 Å². The monoisotopic (exact) mass is 330 g/mol. The number of hydrogen-bond donors (Lipinski definition) is 1. The Labute approximate surface area is 139 Å². The Bertz CT molecular complexity index is 828. The number of oxazole rings is 1. The first kappa shape index (κ1) is 14.7. The first-order valence-corrected chi connectivity index (χ1v) is 8.80. The normalized spacial score (nSPS) is 35.1. The van der Waals surface area contributed by atoms with Crippen LogP contribution in [0.3, 0.4) is 0 Å². The molecule has 3 fully saturated rings. The Kier molecular flexibility index (Phi) is 3.17. The quantitative estimate of drug-likeness (QED) is 0.908. The van der Waals surface area contributed by atoms with Crippen molar-refractivity contribution in [1.29, 1.82) is 0 Å². The first-order chi connectivity index (χ1) is 11.7. The van der Waals surface area contributed by atoms with Crippen LogP contribution in [0.5, 0.6) is 0 Å². The van der Waals surface area contributed by atoms with E-state index >= 15 is 0 Å². The minimum atomic E-state index is -0.292.